The van der Waals surface area contributed by atoms with E-state index in [4.69, 9.17) is 11.6 Å². The van der Waals surface area contributed by atoms with Gasteiger partial charge in [0.25, 0.3) is 5.91 Å². The SMILES string of the molecule is O=C(c1cccc(-c2cnc3c(c2)N(Cc2cc(Cl)ccc2C(F)(F)F)CCN3)c1)N1CCN(CCc2ccccc2)CC1. The number of aromatic nitrogens is 1. The van der Waals surface area contributed by atoms with Gasteiger partial charge in [0.05, 0.1) is 11.3 Å². The van der Waals surface area contributed by atoms with Gasteiger partial charge in [0.2, 0.25) is 0 Å². The van der Waals surface area contributed by atoms with Crippen LogP contribution in [0, 0.1) is 0 Å². The molecule has 1 fully saturated rings. The Hall–Kier alpha value is -4.08. The number of pyridine rings is 1. The van der Waals surface area contributed by atoms with Gasteiger partial charge >= 0.3 is 6.18 Å². The smallest absolute Gasteiger partial charge is 0.367 e. The molecule has 44 heavy (non-hydrogen) atoms. The summed E-state index contributed by atoms with van der Waals surface area (Å²) in [5, 5.41) is 3.50. The molecule has 3 aromatic carbocycles. The van der Waals surface area contributed by atoms with Crippen LogP contribution in [0.25, 0.3) is 11.1 Å². The second kappa shape index (κ2) is 12.9. The lowest BCUT2D eigenvalue weighted by molar-refractivity contribution is -0.138. The summed E-state index contributed by atoms with van der Waals surface area (Å²) in [7, 11) is 0. The van der Waals surface area contributed by atoms with Crippen molar-refractivity contribution in [1.82, 2.24) is 14.8 Å². The highest BCUT2D eigenvalue weighted by molar-refractivity contribution is 6.30. The van der Waals surface area contributed by atoms with E-state index in [-0.39, 0.29) is 23.0 Å². The Bertz CT molecular complexity index is 1620. The van der Waals surface area contributed by atoms with Gasteiger partial charge < -0.3 is 15.1 Å². The number of rotatable bonds is 7. The fourth-order valence-electron chi connectivity index (χ4n) is 5.88. The molecule has 1 N–H and O–H groups in total. The van der Waals surface area contributed by atoms with Crippen molar-refractivity contribution in [2.75, 3.05) is 56.0 Å². The Labute approximate surface area is 260 Å². The van der Waals surface area contributed by atoms with Gasteiger partial charge in [-0.3, -0.25) is 9.69 Å². The van der Waals surface area contributed by atoms with Gasteiger partial charge in [-0.2, -0.15) is 13.2 Å². The first-order valence-electron chi connectivity index (χ1n) is 14.7. The zero-order valence-corrected chi connectivity index (χ0v) is 24.9. The van der Waals surface area contributed by atoms with E-state index < -0.39 is 11.7 Å². The van der Waals surface area contributed by atoms with Crippen LogP contribution in [0.4, 0.5) is 24.7 Å². The molecular weight excluding hydrogens is 587 g/mol. The fraction of sp³-hybridized carbons (Fsp3) is 0.294. The molecule has 0 aliphatic carbocycles. The zero-order chi connectivity index (χ0) is 30.7. The number of hydrogen-bond acceptors (Lipinski definition) is 5. The van der Waals surface area contributed by atoms with Crippen molar-refractivity contribution in [3.8, 4) is 11.1 Å². The van der Waals surface area contributed by atoms with Crippen LogP contribution in [0.2, 0.25) is 5.02 Å². The van der Waals surface area contributed by atoms with Crippen LogP contribution < -0.4 is 10.2 Å². The van der Waals surface area contributed by atoms with Crippen LogP contribution in [-0.4, -0.2) is 66.5 Å². The van der Waals surface area contributed by atoms with Crippen LogP contribution in [0.15, 0.2) is 85.1 Å². The Morgan fingerprint density at radius 1 is 0.886 bits per heavy atom. The predicted molar refractivity (Wildman–Crippen MR) is 168 cm³/mol. The fourth-order valence-corrected chi connectivity index (χ4v) is 6.07. The molecule has 1 aromatic heterocycles. The molecule has 0 radical (unpaired) electrons. The van der Waals surface area contributed by atoms with E-state index in [1.54, 1.807) is 6.20 Å². The minimum atomic E-state index is -4.49. The van der Waals surface area contributed by atoms with Gasteiger partial charge in [0, 0.05) is 74.7 Å². The molecule has 4 aromatic rings. The van der Waals surface area contributed by atoms with Crippen LogP contribution in [0.1, 0.15) is 27.0 Å². The average molecular weight is 620 g/mol. The monoisotopic (exact) mass is 619 g/mol. The number of alkyl halides is 3. The molecule has 0 atom stereocenters. The predicted octanol–water partition coefficient (Wildman–Crippen LogP) is 6.85. The van der Waals surface area contributed by atoms with Gasteiger partial charge in [0.15, 0.2) is 0 Å². The van der Waals surface area contributed by atoms with E-state index in [0.717, 1.165) is 43.2 Å². The van der Waals surface area contributed by atoms with Crippen LogP contribution in [0.5, 0.6) is 0 Å². The standard InChI is InChI=1S/C34H33ClF3N5O/c35-29-9-10-30(34(36,37)38)28(20-29)23-43-14-12-39-32-31(43)21-27(22-40-32)25-7-4-8-26(19-25)33(44)42-17-15-41(16-18-42)13-11-24-5-2-1-3-6-24/h1-10,19-22H,11-18,23H2,(H,39,40). The Morgan fingerprint density at radius 2 is 1.68 bits per heavy atom. The maximum atomic E-state index is 13.8. The Balaban J connectivity index is 1.16. The van der Waals surface area contributed by atoms with Gasteiger partial charge in [0.1, 0.15) is 5.82 Å². The lowest BCUT2D eigenvalue weighted by atomic mass is 10.0. The van der Waals surface area contributed by atoms with Gasteiger partial charge in [-0.05, 0) is 59.5 Å². The maximum Gasteiger partial charge on any atom is 0.416 e. The minimum Gasteiger partial charge on any atom is -0.367 e. The quantitative estimate of drug-likeness (QED) is 0.245. The molecule has 2 aliphatic heterocycles. The number of hydrogen-bond donors (Lipinski definition) is 1. The van der Waals surface area contributed by atoms with Gasteiger partial charge in [-0.15, -0.1) is 0 Å². The first kappa shape index (κ1) is 30.0. The molecule has 1 saturated heterocycles. The van der Waals surface area contributed by atoms with Crippen molar-refractivity contribution < 1.29 is 18.0 Å². The van der Waals surface area contributed by atoms with Crippen molar-refractivity contribution in [1.29, 1.82) is 0 Å². The topological polar surface area (TPSA) is 51.7 Å². The highest BCUT2D eigenvalue weighted by Gasteiger charge is 2.34. The molecule has 0 unspecified atom stereocenters. The summed E-state index contributed by atoms with van der Waals surface area (Å²) in [4.78, 5) is 24.2. The minimum absolute atomic E-state index is 0.00981. The first-order chi connectivity index (χ1) is 21.2. The highest BCUT2D eigenvalue weighted by atomic mass is 35.5. The maximum absolute atomic E-state index is 13.8. The third-order valence-corrected chi connectivity index (χ3v) is 8.51. The van der Waals surface area contributed by atoms with Crippen LogP contribution in [-0.2, 0) is 19.1 Å². The van der Waals surface area contributed by atoms with E-state index in [9.17, 15) is 18.0 Å². The van der Waals surface area contributed by atoms with Crippen molar-refractivity contribution in [3.05, 3.63) is 112 Å². The number of nitrogens with zero attached hydrogens (tertiary/aromatic N) is 4. The molecule has 0 saturated carbocycles. The summed E-state index contributed by atoms with van der Waals surface area (Å²) in [6, 6.07) is 23.5. The molecule has 1 amide bonds. The normalized spacial score (nSPS) is 15.5. The van der Waals surface area contributed by atoms with E-state index in [1.165, 1.54) is 17.7 Å². The number of carbonyl (C=O) groups is 1. The summed E-state index contributed by atoms with van der Waals surface area (Å²) in [5.74, 6) is 0.595. The second-order valence-corrected chi connectivity index (χ2v) is 11.6. The largest absolute Gasteiger partial charge is 0.416 e. The summed E-state index contributed by atoms with van der Waals surface area (Å²) >= 11 is 6.09. The van der Waals surface area contributed by atoms with Gasteiger partial charge in [-0.1, -0.05) is 54.1 Å². The molecule has 228 valence electrons. The number of fused-ring (bicyclic) bond motifs is 1. The highest BCUT2D eigenvalue weighted by Crippen LogP contribution is 2.37. The van der Waals surface area contributed by atoms with Crippen molar-refractivity contribution in [3.63, 3.8) is 0 Å². The number of benzene rings is 3. The number of piperazine rings is 1. The molecule has 10 heteroatoms. The molecule has 0 spiro atoms. The summed E-state index contributed by atoms with van der Waals surface area (Å²) in [6.07, 6.45) is -1.77. The van der Waals surface area contributed by atoms with Crippen molar-refractivity contribution >= 4 is 29.0 Å². The molecule has 3 heterocycles. The molecule has 2 aliphatic rings. The van der Waals surface area contributed by atoms with Crippen LogP contribution >= 0.6 is 11.6 Å². The van der Waals surface area contributed by atoms with Crippen molar-refractivity contribution in [2.24, 2.45) is 0 Å². The number of halogens is 4. The summed E-state index contributed by atoms with van der Waals surface area (Å²) in [5.41, 5.74) is 3.61. The number of anilines is 2. The Morgan fingerprint density at radius 3 is 2.45 bits per heavy atom. The summed E-state index contributed by atoms with van der Waals surface area (Å²) < 4.78 is 41.3. The number of amides is 1. The van der Waals surface area contributed by atoms with Gasteiger partial charge in [-0.25, -0.2) is 4.98 Å². The third kappa shape index (κ3) is 6.84. The Kier molecular flexibility index (Phi) is 8.77. The number of nitrogens with one attached hydrogen (secondary N) is 1. The van der Waals surface area contributed by atoms with Crippen molar-refractivity contribution in [2.45, 2.75) is 19.1 Å². The molecule has 6 nitrogen and oxygen atoms in total. The van der Waals surface area contributed by atoms with Crippen LogP contribution in [0.3, 0.4) is 0 Å². The van der Waals surface area contributed by atoms with E-state index in [2.05, 4.69) is 39.5 Å². The molecule has 0 bridgehead atoms. The lowest BCUT2D eigenvalue weighted by Crippen LogP contribution is -2.49. The second-order valence-electron chi connectivity index (χ2n) is 11.2. The first-order valence-corrected chi connectivity index (χ1v) is 15.1. The van der Waals surface area contributed by atoms with E-state index in [0.29, 0.717) is 43.2 Å². The lowest BCUT2D eigenvalue weighted by Gasteiger charge is -2.35. The molecular formula is C34H33ClF3N5O. The molecule has 6 rings (SSSR count). The third-order valence-electron chi connectivity index (χ3n) is 8.28. The van der Waals surface area contributed by atoms with E-state index in [1.807, 2.05) is 46.2 Å². The zero-order valence-electron chi connectivity index (χ0n) is 24.2. The summed E-state index contributed by atoms with van der Waals surface area (Å²) in [6.45, 7) is 5.04. The van der Waals surface area contributed by atoms with E-state index >= 15 is 0 Å². The average Bonchev–Trinajstić information content (AvgIpc) is 3.04. The number of carbonyl (C=O) groups excluding carboxylic acids is 1.